The lowest BCUT2D eigenvalue weighted by Gasteiger charge is -2.22. The van der Waals surface area contributed by atoms with Gasteiger partial charge in [0.15, 0.2) is 0 Å². The summed E-state index contributed by atoms with van der Waals surface area (Å²) in [7, 11) is 0. The molecule has 106 valence electrons. The van der Waals surface area contributed by atoms with E-state index in [1.165, 1.54) is 37.7 Å². The molecule has 4 heteroatoms. The van der Waals surface area contributed by atoms with Crippen molar-refractivity contribution in [3.05, 3.63) is 34.9 Å². The van der Waals surface area contributed by atoms with Crippen molar-refractivity contribution in [2.45, 2.75) is 38.5 Å². The summed E-state index contributed by atoms with van der Waals surface area (Å²) in [4.78, 5) is 4.60. The van der Waals surface area contributed by atoms with Gasteiger partial charge in [0.1, 0.15) is 5.82 Å². The molecule has 0 amide bonds. The fourth-order valence-corrected chi connectivity index (χ4v) is 3.33. The van der Waals surface area contributed by atoms with Crippen molar-refractivity contribution in [2.24, 2.45) is 11.8 Å². The Labute approximate surface area is 124 Å². The van der Waals surface area contributed by atoms with Gasteiger partial charge < -0.3 is 5.43 Å². The molecule has 0 bridgehead atoms. The van der Waals surface area contributed by atoms with Crippen LogP contribution < -0.4 is 11.3 Å². The van der Waals surface area contributed by atoms with Crippen LogP contribution in [0.5, 0.6) is 0 Å². The fraction of sp³-hybridized carbons (Fsp3) is 0.438. The lowest BCUT2D eigenvalue weighted by Crippen LogP contribution is -2.15. The van der Waals surface area contributed by atoms with Gasteiger partial charge in [0, 0.05) is 10.4 Å². The quantitative estimate of drug-likeness (QED) is 0.654. The zero-order valence-corrected chi connectivity index (χ0v) is 12.3. The molecule has 0 unspecified atom stereocenters. The van der Waals surface area contributed by atoms with E-state index in [0.717, 1.165) is 29.1 Å². The van der Waals surface area contributed by atoms with E-state index in [2.05, 4.69) is 16.5 Å². The van der Waals surface area contributed by atoms with Gasteiger partial charge in [0.05, 0.1) is 5.52 Å². The number of hydrazine groups is 1. The number of nitrogens with zero attached hydrogens (tertiary/aromatic N) is 1. The first-order valence-electron chi connectivity index (χ1n) is 7.32. The average Bonchev–Trinajstić information content (AvgIpc) is 2.48. The van der Waals surface area contributed by atoms with Crippen molar-refractivity contribution in [3.63, 3.8) is 0 Å². The number of anilines is 1. The summed E-state index contributed by atoms with van der Waals surface area (Å²) < 4.78 is 0. The first kappa shape index (κ1) is 13.7. The molecule has 1 aliphatic rings. The van der Waals surface area contributed by atoms with E-state index in [1.807, 2.05) is 18.2 Å². The van der Waals surface area contributed by atoms with Crippen LogP contribution in [0.1, 0.15) is 37.7 Å². The van der Waals surface area contributed by atoms with Crippen LogP contribution in [0.2, 0.25) is 5.02 Å². The van der Waals surface area contributed by atoms with Crippen molar-refractivity contribution >= 4 is 28.3 Å². The van der Waals surface area contributed by atoms with Crippen LogP contribution >= 0.6 is 11.6 Å². The van der Waals surface area contributed by atoms with E-state index in [4.69, 9.17) is 17.4 Å². The lowest BCUT2D eigenvalue weighted by atomic mass is 9.85. The van der Waals surface area contributed by atoms with Crippen LogP contribution in [0, 0.1) is 5.92 Å². The zero-order chi connectivity index (χ0) is 13.9. The third kappa shape index (κ3) is 2.89. The second-order valence-corrected chi connectivity index (χ2v) is 6.12. The molecule has 20 heavy (non-hydrogen) atoms. The summed E-state index contributed by atoms with van der Waals surface area (Å²) in [5.74, 6) is 7.19. The average molecular weight is 290 g/mol. The van der Waals surface area contributed by atoms with E-state index in [-0.39, 0.29) is 0 Å². The van der Waals surface area contributed by atoms with Gasteiger partial charge in [0.25, 0.3) is 0 Å². The van der Waals surface area contributed by atoms with Crippen LogP contribution in [0.15, 0.2) is 24.3 Å². The number of hydrogen-bond donors (Lipinski definition) is 2. The predicted molar refractivity (Wildman–Crippen MR) is 84.8 cm³/mol. The number of nitrogen functional groups attached to an aromatic ring is 1. The summed E-state index contributed by atoms with van der Waals surface area (Å²) in [5, 5.41) is 1.83. The van der Waals surface area contributed by atoms with E-state index in [1.54, 1.807) is 0 Å². The smallest absolute Gasteiger partial charge is 0.143 e. The maximum atomic E-state index is 6.02. The van der Waals surface area contributed by atoms with E-state index < -0.39 is 0 Å². The molecule has 1 aromatic carbocycles. The Kier molecular flexibility index (Phi) is 4.08. The lowest BCUT2D eigenvalue weighted by molar-refractivity contribution is 0.357. The van der Waals surface area contributed by atoms with E-state index in [0.29, 0.717) is 5.02 Å². The standard InChI is InChI=1S/C16H20ClN3/c17-14-7-6-12-9-13(8-11-4-2-1-3-5-11)16(20-18)19-15(12)10-14/h6-7,9-11H,1-5,8,18H2,(H,19,20). The van der Waals surface area contributed by atoms with E-state index in [9.17, 15) is 0 Å². The number of hydrogen-bond acceptors (Lipinski definition) is 3. The minimum absolute atomic E-state index is 0.702. The molecule has 0 radical (unpaired) electrons. The van der Waals surface area contributed by atoms with Gasteiger partial charge in [-0.25, -0.2) is 10.8 Å². The maximum absolute atomic E-state index is 6.02. The molecule has 2 aromatic rings. The molecule has 3 nitrogen and oxygen atoms in total. The second-order valence-electron chi connectivity index (χ2n) is 5.69. The van der Waals surface area contributed by atoms with Crippen LogP contribution in [-0.2, 0) is 6.42 Å². The molecule has 0 spiro atoms. The molecule has 0 atom stereocenters. The molecule has 1 aliphatic carbocycles. The Morgan fingerprint density at radius 1 is 1.20 bits per heavy atom. The number of fused-ring (bicyclic) bond motifs is 1. The van der Waals surface area contributed by atoms with Gasteiger partial charge in [-0.2, -0.15) is 0 Å². The second kappa shape index (κ2) is 5.98. The topological polar surface area (TPSA) is 50.9 Å². The minimum atomic E-state index is 0.702. The highest BCUT2D eigenvalue weighted by atomic mass is 35.5. The molecule has 1 fully saturated rings. The largest absolute Gasteiger partial charge is 0.308 e. The third-order valence-corrected chi connectivity index (χ3v) is 4.46. The van der Waals surface area contributed by atoms with Gasteiger partial charge in [-0.1, -0.05) is 49.8 Å². The van der Waals surface area contributed by atoms with E-state index >= 15 is 0 Å². The van der Waals surface area contributed by atoms with Crippen molar-refractivity contribution in [2.75, 3.05) is 5.43 Å². The number of nitrogens with two attached hydrogens (primary N) is 1. The Balaban J connectivity index is 1.93. The molecular formula is C16H20ClN3. The van der Waals surface area contributed by atoms with Gasteiger partial charge in [-0.3, -0.25) is 0 Å². The Hall–Kier alpha value is -1.32. The molecule has 3 rings (SSSR count). The first-order chi connectivity index (χ1) is 9.76. The number of pyridine rings is 1. The summed E-state index contributed by atoms with van der Waals surface area (Å²) in [6.45, 7) is 0. The van der Waals surface area contributed by atoms with Crippen LogP contribution in [0.3, 0.4) is 0 Å². The maximum Gasteiger partial charge on any atom is 0.143 e. The summed E-state index contributed by atoms with van der Waals surface area (Å²) in [6.07, 6.45) is 7.79. The van der Waals surface area contributed by atoms with Crippen LogP contribution in [0.4, 0.5) is 5.82 Å². The Bertz CT molecular complexity index is 606. The van der Waals surface area contributed by atoms with Crippen molar-refractivity contribution in [1.82, 2.24) is 4.98 Å². The number of benzene rings is 1. The molecule has 1 heterocycles. The summed E-state index contributed by atoms with van der Waals surface area (Å²) >= 11 is 6.02. The number of rotatable bonds is 3. The fourth-order valence-electron chi connectivity index (χ4n) is 3.17. The zero-order valence-electron chi connectivity index (χ0n) is 11.5. The van der Waals surface area contributed by atoms with Crippen LogP contribution in [-0.4, -0.2) is 4.98 Å². The highest BCUT2D eigenvalue weighted by Crippen LogP contribution is 2.30. The van der Waals surface area contributed by atoms with Gasteiger partial charge in [-0.05, 0) is 36.1 Å². The highest BCUT2D eigenvalue weighted by Gasteiger charge is 2.16. The molecule has 3 N–H and O–H groups in total. The van der Waals surface area contributed by atoms with Crippen molar-refractivity contribution < 1.29 is 0 Å². The molecule has 1 aromatic heterocycles. The normalized spacial score (nSPS) is 16.5. The minimum Gasteiger partial charge on any atom is -0.308 e. The Morgan fingerprint density at radius 3 is 2.75 bits per heavy atom. The molecule has 0 aliphatic heterocycles. The van der Waals surface area contributed by atoms with Gasteiger partial charge >= 0.3 is 0 Å². The first-order valence-corrected chi connectivity index (χ1v) is 7.70. The molecule has 0 saturated heterocycles. The SMILES string of the molecule is NNc1nc2cc(Cl)ccc2cc1CC1CCCCC1. The van der Waals surface area contributed by atoms with Gasteiger partial charge in [-0.15, -0.1) is 0 Å². The predicted octanol–water partition coefficient (Wildman–Crippen LogP) is 4.30. The Morgan fingerprint density at radius 2 is 2.00 bits per heavy atom. The molecular weight excluding hydrogens is 270 g/mol. The summed E-state index contributed by atoms with van der Waals surface area (Å²) in [5.41, 5.74) is 4.85. The number of aromatic nitrogens is 1. The highest BCUT2D eigenvalue weighted by molar-refractivity contribution is 6.31. The third-order valence-electron chi connectivity index (χ3n) is 4.23. The van der Waals surface area contributed by atoms with Crippen molar-refractivity contribution in [1.29, 1.82) is 0 Å². The monoisotopic (exact) mass is 289 g/mol. The molecule has 1 saturated carbocycles. The van der Waals surface area contributed by atoms with Gasteiger partial charge in [0.2, 0.25) is 0 Å². The number of halogens is 1. The summed E-state index contributed by atoms with van der Waals surface area (Å²) in [6, 6.07) is 8.01. The number of nitrogens with one attached hydrogen (secondary N) is 1. The van der Waals surface area contributed by atoms with Crippen LogP contribution in [0.25, 0.3) is 10.9 Å². The van der Waals surface area contributed by atoms with Crippen molar-refractivity contribution in [3.8, 4) is 0 Å².